The molecule has 3 N–H and O–H groups in total. The number of carbonyl (C=O) groups is 3. The molecule has 1 aliphatic heterocycles. The summed E-state index contributed by atoms with van der Waals surface area (Å²) in [5.74, 6) is -2.31. The fraction of sp³-hybridized carbons (Fsp3) is 0.154. The summed E-state index contributed by atoms with van der Waals surface area (Å²) in [5.41, 5.74) is 4.02. The summed E-state index contributed by atoms with van der Waals surface area (Å²) in [7, 11) is 1.25. The van der Waals surface area contributed by atoms with Gasteiger partial charge in [0.25, 0.3) is 11.8 Å². The van der Waals surface area contributed by atoms with Crippen molar-refractivity contribution in [2.24, 2.45) is 0 Å². The molecule has 0 spiro atoms. The Morgan fingerprint density at radius 2 is 1.78 bits per heavy atom. The molecule has 5 rings (SSSR count). The molecule has 0 saturated carbocycles. The molecular weight excluding hydrogens is 519 g/mol. The largest absolute Gasteiger partial charge is 0.467 e. The van der Waals surface area contributed by atoms with Crippen molar-refractivity contribution in [2.45, 2.75) is 18.5 Å². The molecule has 0 radical (unpaired) electrons. The monoisotopic (exact) mass is 538 g/mol. The SMILES string of the molecule is COC(=O)[C@@H]1Cc2c([nH]c3ccccc23)[C@@H](c2ccccn2)N1C(=O)c1cc(Cl)c(Cl)cc1C(=O)NO. The Bertz CT molecular complexity index is 1540. The number of hydrogen-bond donors (Lipinski definition) is 3. The van der Waals surface area contributed by atoms with Gasteiger partial charge in [-0.15, -0.1) is 0 Å². The highest BCUT2D eigenvalue weighted by molar-refractivity contribution is 6.42. The molecule has 0 bridgehead atoms. The van der Waals surface area contributed by atoms with Crippen LogP contribution in [0.4, 0.5) is 0 Å². The minimum Gasteiger partial charge on any atom is -0.467 e. The van der Waals surface area contributed by atoms with Crippen LogP contribution < -0.4 is 5.48 Å². The molecule has 0 saturated heterocycles. The van der Waals surface area contributed by atoms with E-state index in [-0.39, 0.29) is 27.6 Å². The molecule has 0 aliphatic carbocycles. The average Bonchev–Trinajstić information content (AvgIpc) is 3.30. The van der Waals surface area contributed by atoms with Crippen LogP contribution in [0.1, 0.15) is 43.7 Å². The molecule has 37 heavy (non-hydrogen) atoms. The maximum Gasteiger partial charge on any atom is 0.328 e. The van der Waals surface area contributed by atoms with Gasteiger partial charge < -0.3 is 14.6 Å². The first-order valence-corrected chi connectivity index (χ1v) is 12.0. The Morgan fingerprint density at radius 3 is 2.46 bits per heavy atom. The predicted octanol–water partition coefficient (Wildman–Crippen LogP) is 4.32. The van der Waals surface area contributed by atoms with Crippen molar-refractivity contribution in [3.05, 3.63) is 98.9 Å². The fourth-order valence-corrected chi connectivity index (χ4v) is 5.14. The van der Waals surface area contributed by atoms with E-state index in [4.69, 9.17) is 27.9 Å². The highest BCUT2D eigenvalue weighted by Gasteiger charge is 2.45. The van der Waals surface area contributed by atoms with E-state index in [0.29, 0.717) is 11.4 Å². The molecule has 11 heteroatoms. The van der Waals surface area contributed by atoms with Crippen molar-refractivity contribution in [1.29, 1.82) is 0 Å². The van der Waals surface area contributed by atoms with Crippen LogP contribution in [0.5, 0.6) is 0 Å². The number of nitrogens with one attached hydrogen (secondary N) is 2. The number of esters is 1. The van der Waals surface area contributed by atoms with Gasteiger partial charge in [-0.1, -0.05) is 47.5 Å². The lowest BCUT2D eigenvalue weighted by atomic mass is 9.88. The zero-order chi connectivity index (χ0) is 26.3. The van der Waals surface area contributed by atoms with E-state index in [1.807, 2.05) is 24.3 Å². The number of hydroxylamine groups is 1. The van der Waals surface area contributed by atoms with E-state index in [0.717, 1.165) is 16.5 Å². The third kappa shape index (κ3) is 4.21. The van der Waals surface area contributed by atoms with Gasteiger partial charge in [0.2, 0.25) is 0 Å². The molecule has 3 heterocycles. The molecule has 9 nitrogen and oxygen atoms in total. The molecule has 4 aromatic rings. The van der Waals surface area contributed by atoms with E-state index in [2.05, 4.69) is 9.97 Å². The summed E-state index contributed by atoms with van der Waals surface area (Å²) in [4.78, 5) is 49.1. The van der Waals surface area contributed by atoms with Gasteiger partial charge in [0.15, 0.2) is 0 Å². The van der Waals surface area contributed by atoms with Gasteiger partial charge >= 0.3 is 5.97 Å². The molecular formula is C26H20Cl2N4O5. The second-order valence-corrected chi connectivity index (χ2v) is 9.24. The first-order chi connectivity index (χ1) is 17.8. The van der Waals surface area contributed by atoms with Crippen LogP contribution >= 0.6 is 23.2 Å². The number of para-hydroxylation sites is 1. The van der Waals surface area contributed by atoms with Crippen LogP contribution in [0.15, 0.2) is 60.8 Å². The van der Waals surface area contributed by atoms with Gasteiger partial charge in [-0.05, 0) is 35.9 Å². The standard InChI is InChI=1S/C26H20Cl2N4O5/c1-37-26(35)21-12-14-13-6-2-3-7-19(13)30-22(14)23(20-8-4-5-9-29-20)32(21)25(34)16-11-18(28)17(27)10-15(16)24(33)31-36/h2-11,21,23,30,36H,12H2,1H3,(H,31,33)/t21-,23+/m0/s1. The minimum atomic E-state index is -1.06. The lowest BCUT2D eigenvalue weighted by Gasteiger charge is -2.40. The number of H-pyrrole nitrogens is 1. The molecule has 2 atom stereocenters. The van der Waals surface area contributed by atoms with Crippen LogP contribution in [0.25, 0.3) is 10.9 Å². The number of rotatable bonds is 4. The molecule has 188 valence electrons. The lowest BCUT2D eigenvalue weighted by Crippen LogP contribution is -2.52. The smallest absolute Gasteiger partial charge is 0.328 e. The summed E-state index contributed by atoms with van der Waals surface area (Å²) in [6.07, 6.45) is 1.75. The van der Waals surface area contributed by atoms with Gasteiger partial charge in [0, 0.05) is 29.2 Å². The number of amides is 2. The third-order valence-electron chi connectivity index (χ3n) is 6.44. The molecule has 1 aliphatic rings. The van der Waals surface area contributed by atoms with Crippen LogP contribution in [0, 0.1) is 0 Å². The van der Waals surface area contributed by atoms with Crippen molar-refractivity contribution >= 4 is 51.9 Å². The van der Waals surface area contributed by atoms with Crippen molar-refractivity contribution in [3.63, 3.8) is 0 Å². The Morgan fingerprint density at radius 1 is 1.08 bits per heavy atom. The molecule has 2 aromatic carbocycles. The van der Waals surface area contributed by atoms with E-state index in [9.17, 15) is 19.6 Å². The van der Waals surface area contributed by atoms with Crippen molar-refractivity contribution in [2.75, 3.05) is 7.11 Å². The van der Waals surface area contributed by atoms with E-state index >= 15 is 0 Å². The van der Waals surface area contributed by atoms with Gasteiger partial charge in [-0.3, -0.25) is 19.8 Å². The zero-order valence-electron chi connectivity index (χ0n) is 19.4. The number of pyridine rings is 1. The highest BCUT2D eigenvalue weighted by atomic mass is 35.5. The van der Waals surface area contributed by atoms with Crippen LogP contribution in [-0.4, -0.2) is 51.0 Å². The summed E-state index contributed by atoms with van der Waals surface area (Å²) in [6.45, 7) is 0. The Labute approximate surface area is 220 Å². The third-order valence-corrected chi connectivity index (χ3v) is 7.17. The minimum absolute atomic E-state index is 0.0131. The molecule has 2 aromatic heterocycles. The topological polar surface area (TPSA) is 125 Å². The fourth-order valence-electron chi connectivity index (χ4n) is 4.82. The first kappa shape index (κ1) is 24.8. The Kier molecular flexibility index (Phi) is 6.59. The second-order valence-electron chi connectivity index (χ2n) is 8.43. The van der Waals surface area contributed by atoms with Gasteiger partial charge in [-0.25, -0.2) is 10.3 Å². The summed E-state index contributed by atoms with van der Waals surface area (Å²) >= 11 is 12.3. The van der Waals surface area contributed by atoms with Gasteiger partial charge in [-0.2, -0.15) is 0 Å². The normalized spacial score (nSPS) is 16.8. The average molecular weight is 539 g/mol. The summed E-state index contributed by atoms with van der Waals surface area (Å²) in [5, 5.41) is 10.2. The van der Waals surface area contributed by atoms with E-state index < -0.39 is 29.9 Å². The number of halogens is 2. The number of aromatic nitrogens is 2. The first-order valence-electron chi connectivity index (χ1n) is 11.2. The zero-order valence-corrected chi connectivity index (χ0v) is 20.9. The van der Waals surface area contributed by atoms with Crippen LogP contribution in [0.3, 0.4) is 0 Å². The molecule has 2 amide bonds. The number of aromatic amines is 1. The molecule has 0 unspecified atom stereocenters. The van der Waals surface area contributed by atoms with E-state index in [1.54, 1.807) is 24.4 Å². The number of ether oxygens (including phenoxy) is 1. The highest BCUT2D eigenvalue weighted by Crippen LogP contribution is 2.42. The van der Waals surface area contributed by atoms with Crippen molar-refractivity contribution in [3.8, 4) is 0 Å². The second kappa shape index (κ2) is 9.85. The van der Waals surface area contributed by atoms with Gasteiger partial charge in [0.1, 0.15) is 12.1 Å². The number of carbonyl (C=O) groups excluding carboxylic acids is 3. The van der Waals surface area contributed by atoms with Crippen molar-refractivity contribution < 1.29 is 24.3 Å². The lowest BCUT2D eigenvalue weighted by molar-refractivity contribution is -0.147. The summed E-state index contributed by atoms with van der Waals surface area (Å²) < 4.78 is 5.11. The van der Waals surface area contributed by atoms with Gasteiger partial charge in [0.05, 0.1) is 34.0 Å². The Hall–Kier alpha value is -3.92. The van der Waals surface area contributed by atoms with Crippen molar-refractivity contribution in [1.82, 2.24) is 20.3 Å². The number of fused-ring (bicyclic) bond motifs is 3. The molecule has 0 fully saturated rings. The predicted molar refractivity (Wildman–Crippen MR) is 136 cm³/mol. The quantitative estimate of drug-likeness (QED) is 0.202. The number of nitrogens with zero attached hydrogens (tertiary/aromatic N) is 2. The maximum absolute atomic E-state index is 14.3. The Balaban J connectivity index is 1.78. The van der Waals surface area contributed by atoms with E-state index in [1.165, 1.54) is 29.6 Å². The maximum atomic E-state index is 14.3. The van der Waals surface area contributed by atoms with Crippen LogP contribution in [0.2, 0.25) is 10.0 Å². The summed E-state index contributed by atoms with van der Waals surface area (Å²) in [6, 6.07) is 13.4. The van der Waals surface area contributed by atoms with Crippen LogP contribution in [-0.2, 0) is 16.0 Å². The number of hydrogen-bond acceptors (Lipinski definition) is 6. The number of benzene rings is 2. The number of methoxy groups -OCH3 is 1.